The van der Waals surface area contributed by atoms with Gasteiger partial charge in [0.25, 0.3) is 0 Å². The number of hydrogen-bond acceptors (Lipinski definition) is 2. The third kappa shape index (κ3) is 14.8. The maximum atomic E-state index is 5.40. The van der Waals surface area contributed by atoms with Crippen LogP contribution >= 0.6 is 0 Å². The zero-order valence-corrected chi connectivity index (χ0v) is 81.7. The maximum absolute atomic E-state index is 5.40. The SMILES string of the molecule is c1ccc(-c2ccc(-n3c4ccccc4c4cc(-c5ccc6c(c5)c5ccccc5n6-c5cccc(-c6ccccc6)c5)ccc43)cc2)cc1.c1ccc(-c2cccc(-c3cc(-c4ccccc4)cc(-n4c5ccccc5c5cc6c7ccccc7n(-c7ccccc7)c6cc54)c3)c2)cc1.c1ccc2cc(-c3nc(-n4c5ccc(-n6c7ccccc7c7ccccc76)cc5c5cc6ccccc6cc54)nc4ccccc34)ccc2c1. The molecule has 150 heavy (non-hydrogen) atoms. The minimum absolute atomic E-state index is 0.659. The maximum Gasteiger partial charge on any atom is 0.235 e. The summed E-state index contributed by atoms with van der Waals surface area (Å²) < 4.78 is 14.3. The van der Waals surface area contributed by atoms with E-state index in [4.69, 9.17) is 9.97 Å². The molecule has 0 aliphatic heterocycles. The van der Waals surface area contributed by atoms with Crippen LogP contribution < -0.4 is 0 Å². The Morgan fingerprint density at radius 1 is 0.113 bits per heavy atom. The van der Waals surface area contributed by atoms with E-state index in [2.05, 4.69) is 586 Å². The van der Waals surface area contributed by atoms with Crippen LogP contribution in [0.15, 0.2) is 558 Å². The first-order chi connectivity index (χ1) is 74.4. The lowest BCUT2D eigenvalue weighted by atomic mass is 9.95. The highest BCUT2D eigenvalue weighted by Gasteiger charge is 2.26. The molecule has 700 valence electrons. The van der Waals surface area contributed by atoms with Crippen LogP contribution in [0.5, 0.6) is 0 Å². The zero-order chi connectivity index (χ0) is 98.8. The smallest absolute Gasteiger partial charge is 0.235 e. The van der Waals surface area contributed by atoms with Crippen molar-refractivity contribution in [2.75, 3.05) is 0 Å². The Bertz CT molecular complexity index is 10700. The Balaban J connectivity index is 0.000000106. The summed E-state index contributed by atoms with van der Waals surface area (Å²) in [6.45, 7) is 0. The number of benzene rings is 24. The van der Waals surface area contributed by atoms with Crippen LogP contribution in [0.25, 0.3) is 276 Å². The first-order valence-corrected chi connectivity index (χ1v) is 51.4. The van der Waals surface area contributed by atoms with Gasteiger partial charge in [0.2, 0.25) is 5.95 Å². The molecule has 0 atom stereocenters. The number of hydrogen-bond donors (Lipinski definition) is 0. The lowest BCUT2D eigenvalue weighted by Crippen LogP contribution is -2.03. The van der Waals surface area contributed by atoms with Crippen molar-refractivity contribution in [2.24, 2.45) is 0 Å². The molecule has 0 fully saturated rings. The Labute approximate surface area is 864 Å². The molecule has 0 N–H and O–H groups in total. The lowest BCUT2D eigenvalue weighted by Gasteiger charge is -2.15. The summed E-state index contributed by atoms with van der Waals surface area (Å²) >= 11 is 0. The summed E-state index contributed by atoms with van der Waals surface area (Å²) in [6.07, 6.45) is 0. The molecule has 0 amide bonds. The van der Waals surface area contributed by atoms with E-state index in [1.807, 2.05) is 0 Å². The normalized spacial score (nSPS) is 11.7. The Kier molecular flexibility index (Phi) is 20.8. The third-order valence-electron chi connectivity index (χ3n) is 30.5. The van der Waals surface area contributed by atoms with Gasteiger partial charge in [-0.25, -0.2) is 9.97 Å². The molecule has 7 aromatic heterocycles. The molecule has 8 heteroatoms. The minimum Gasteiger partial charge on any atom is -0.309 e. The molecule has 0 saturated heterocycles. The molecule has 0 saturated carbocycles. The Morgan fingerprint density at radius 2 is 0.400 bits per heavy atom. The van der Waals surface area contributed by atoms with Gasteiger partial charge in [-0.3, -0.25) is 4.57 Å². The molecule has 0 unspecified atom stereocenters. The van der Waals surface area contributed by atoms with Gasteiger partial charge in [0, 0.05) is 104 Å². The molecule has 0 bridgehead atoms. The molecule has 7 heterocycles. The second-order valence-corrected chi connectivity index (χ2v) is 39.1. The number of para-hydroxylation sites is 8. The van der Waals surface area contributed by atoms with Gasteiger partial charge in [-0.2, -0.15) is 0 Å². The van der Waals surface area contributed by atoms with Gasteiger partial charge in [0.05, 0.1) is 77.4 Å². The highest BCUT2D eigenvalue weighted by atomic mass is 15.2. The Hall–Kier alpha value is -20.1. The molecule has 0 spiro atoms. The van der Waals surface area contributed by atoms with Crippen molar-refractivity contribution in [3.05, 3.63) is 558 Å². The summed E-state index contributed by atoms with van der Waals surface area (Å²) in [5, 5.41) is 20.7. The summed E-state index contributed by atoms with van der Waals surface area (Å²) in [4.78, 5) is 10.6. The van der Waals surface area contributed by atoms with Crippen molar-refractivity contribution < 1.29 is 0 Å². The summed E-state index contributed by atoms with van der Waals surface area (Å²) in [6, 6.07) is 202. The van der Waals surface area contributed by atoms with Crippen molar-refractivity contribution in [1.29, 1.82) is 0 Å². The molecular formula is C142H92N8. The van der Waals surface area contributed by atoms with Crippen molar-refractivity contribution >= 4 is 163 Å². The van der Waals surface area contributed by atoms with Crippen molar-refractivity contribution in [3.63, 3.8) is 0 Å². The van der Waals surface area contributed by atoms with Crippen molar-refractivity contribution in [3.8, 4) is 112 Å². The second kappa shape index (κ2) is 36.1. The monoisotopic (exact) mass is 1910 g/mol. The number of nitrogens with zero attached hydrogens (tertiary/aromatic N) is 8. The Morgan fingerprint density at radius 3 is 0.933 bits per heavy atom. The van der Waals surface area contributed by atoms with Crippen LogP contribution in [0.2, 0.25) is 0 Å². The van der Waals surface area contributed by atoms with E-state index in [-0.39, 0.29) is 0 Å². The molecule has 0 aliphatic rings. The molecule has 31 aromatic rings. The summed E-state index contributed by atoms with van der Waals surface area (Å²) in [5.41, 5.74) is 37.3. The first-order valence-electron chi connectivity index (χ1n) is 51.4. The third-order valence-corrected chi connectivity index (χ3v) is 30.5. The highest BCUT2D eigenvalue weighted by Crippen LogP contribution is 2.47. The molecule has 24 aromatic carbocycles. The molecule has 8 nitrogen and oxygen atoms in total. The van der Waals surface area contributed by atoms with Gasteiger partial charge in [-0.15, -0.1) is 0 Å². The first kappa shape index (κ1) is 86.6. The van der Waals surface area contributed by atoms with Gasteiger partial charge >= 0.3 is 0 Å². The van der Waals surface area contributed by atoms with E-state index in [0.29, 0.717) is 5.95 Å². The molecule has 0 aliphatic carbocycles. The standard InChI is InChI=1S/2C48H32N2.C46H28N4/c1-4-15-33(16-5-1)35-19-14-20-36(27-35)38-28-37(34-17-6-2-7-18-34)29-40(30-38)50-46-26-13-11-24-42(46)44-31-43-41-23-10-12-25-45(41)49(47(43)32-48(44)50)39-21-8-3-9-22-39;1-3-12-33(13-4-1)35-22-26-39(27-23-35)49-45-20-9-7-18-41(45)43-31-37(24-28-47(43)49)38-25-29-48-44(32-38)42-19-8-10-21-46(42)50(48)40-17-11-16-36(30-40)34-14-5-2-6-15-34;1-2-12-30-25-33(22-21-29(30)11-1)45-37-17-5-8-18-40(37)47-46(48-45)50-43-24-23-34(28-39(43)38-26-31-13-3-4-14-32(31)27-44(38)50)49-41-19-9-6-15-35(41)36-16-7-10-20-42(36)49/h2*1-32H;1-28H. The van der Waals surface area contributed by atoms with E-state index in [9.17, 15) is 0 Å². The van der Waals surface area contributed by atoms with Crippen LogP contribution in [0.4, 0.5) is 0 Å². The fourth-order valence-electron chi connectivity index (χ4n) is 23.5. The van der Waals surface area contributed by atoms with E-state index in [1.54, 1.807) is 0 Å². The predicted octanol–water partition coefficient (Wildman–Crippen LogP) is 37.6. The van der Waals surface area contributed by atoms with Crippen LogP contribution in [0.3, 0.4) is 0 Å². The van der Waals surface area contributed by atoms with E-state index in [0.717, 1.165) is 67.0 Å². The second-order valence-electron chi connectivity index (χ2n) is 39.1. The summed E-state index contributed by atoms with van der Waals surface area (Å²) in [7, 11) is 0. The van der Waals surface area contributed by atoms with Crippen LogP contribution in [-0.2, 0) is 0 Å². The van der Waals surface area contributed by atoms with E-state index < -0.39 is 0 Å². The van der Waals surface area contributed by atoms with Crippen LogP contribution in [0.1, 0.15) is 0 Å². The highest BCUT2D eigenvalue weighted by molar-refractivity contribution is 6.21. The predicted molar refractivity (Wildman–Crippen MR) is 632 cm³/mol. The van der Waals surface area contributed by atoms with E-state index >= 15 is 0 Å². The zero-order valence-electron chi connectivity index (χ0n) is 81.7. The number of fused-ring (bicyclic) bond motifs is 21. The number of rotatable bonds is 13. The lowest BCUT2D eigenvalue weighted by molar-refractivity contribution is 1.01. The van der Waals surface area contributed by atoms with Crippen LogP contribution in [-0.4, -0.2) is 37.4 Å². The fraction of sp³-hybridized carbons (Fsp3) is 0. The van der Waals surface area contributed by atoms with Crippen LogP contribution in [0, 0.1) is 0 Å². The van der Waals surface area contributed by atoms with Gasteiger partial charge in [0.1, 0.15) is 0 Å². The average molecular weight is 1910 g/mol. The average Bonchev–Trinajstić information content (AvgIpc) is 1.53. The number of aromatic nitrogens is 8. The summed E-state index contributed by atoms with van der Waals surface area (Å²) in [5.74, 6) is 0.659. The van der Waals surface area contributed by atoms with Gasteiger partial charge in [0.15, 0.2) is 0 Å². The quantitative estimate of drug-likeness (QED) is 0.116. The van der Waals surface area contributed by atoms with Crippen molar-refractivity contribution in [1.82, 2.24) is 37.4 Å². The van der Waals surface area contributed by atoms with Gasteiger partial charge in [-0.05, 0) is 264 Å². The molecular weight excluding hydrogens is 1820 g/mol. The molecule has 0 radical (unpaired) electrons. The topological polar surface area (TPSA) is 55.4 Å². The minimum atomic E-state index is 0.659. The molecule has 31 rings (SSSR count). The van der Waals surface area contributed by atoms with Gasteiger partial charge in [-0.1, -0.05) is 382 Å². The van der Waals surface area contributed by atoms with Crippen molar-refractivity contribution in [2.45, 2.75) is 0 Å². The van der Waals surface area contributed by atoms with E-state index in [1.165, 1.54) is 203 Å². The fourth-order valence-corrected chi connectivity index (χ4v) is 23.5. The van der Waals surface area contributed by atoms with Gasteiger partial charge < -0.3 is 22.8 Å². The largest absolute Gasteiger partial charge is 0.309 e.